The molecule has 9 nitrogen and oxygen atoms in total. The summed E-state index contributed by atoms with van der Waals surface area (Å²) in [6, 6.07) is 0. The highest BCUT2D eigenvalue weighted by Gasteiger charge is 2.25. The number of likely N-dealkylation sites (N-methyl/N-ethyl adjacent to an activating group) is 1. The molecule has 2 unspecified atom stereocenters. The Morgan fingerprint density at radius 1 is 0.419 bits per heavy atom. The first kappa shape index (κ1) is 71.0. The minimum Gasteiger partial charge on any atom is -0.477 e. The molecule has 0 rings (SSSR count). The Labute approximate surface area is 456 Å². The highest BCUT2D eigenvalue weighted by molar-refractivity contribution is 5.71. The summed E-state index contributed by atoms with van der Waals surface area (Å²) in [7, 11) is 5.97. The smallest absolute Gasteiger partial charge is 0.361 e. The van der Waals surface area contributed by atoms with Crippen LogP contribution in [0, 0.1) is 0 Å². The monoisotopic (exact) mass is 1040 g/mol. The molecule has 0 aliphatic heterocycles. The van der Waals surface area contributed by atoms with Gasteiger partial charge in [0.25, 0.3) is 6.29 Å². The number of hydrogen-bond acceptors (Lipinski definition) is 7. The lowest BCUT2D eigenvalue weighted by Gasteiger charge is -2.25. The van der Waals surface area contributed by atoms with E-state index >= 15 is 0 Å². The standard InChI is InChI=1S/C65H117NO8/c1-6-8-10-12-14-16-18-20-22-24-26-27-28-29-30-31-32-33-34-35-36-37-38-40-42-44-46-48-50-52-54-56-63(68)74-61(60-73-65(64(69)70)71-58-57-66(3,4)5)59-72-62(67)55-53-51-49-47-45-43-41-39-25-23-21-19-17-15-13-11-9-7-2/h8,10,14,16,20,22-23,25-27,61,65H,6-7,9,11-13,15,17-19,21,24,28-60H2,1-5H3/p+1/b10-8-,16-14-,22-20-,25-23-,27-26-. The van der Waals surface area contributed by atoms with E-state index in [1.165, 1.54) is 186 Å². The van der Waals surface area contributed by atoms with Crippen LogP contribution in [0.25, 0.3) is 0 Å². The summed E-state index contributed by atoms with van der Waals surface area (Å²) in [4.78, 5) is 37.5. The second-order valence-corrected chi connectivity index (χ2v) is 22.0. The van der Waals surface area contributed by atoms with Crippen LogP contribution in [0.15, 0.2) is 60.8 Å². The van der Waals surface area contributed by atoms with Crippen molar-refractivity contribution in [1.82, 2.24) is 0 Å². The van der Waals surface area contributed by atoms with E-state index in [1.54, 1.807) is 0 Å². The summed E-state index contributed by atoms with van der Waals surface area (Å²) >= 11 is 0. The summed E-state index contributed by atoms with van der Waals surface area (Å²) < 4.78 is 22.9. The summed E-state index contributed by atoms with van der Waals surface area (Å²) in [5.74, 6) is -2.00. The quantitative estimate of drug-likeness (QED) is 0.0211. The highest BCUT2D eigenvalue weighted by atomic mass is 16.7. The van der Waals surface area contributed by atoms with Gasteiger partial charge in [0.15, 0.2) is 6.10 Å². The molecule has 2 atom stereocenters. The summed E-state index contributed by atoms with van der Waals surface area (Å²) in [6.07, 6.45) is 68.8. The van der Waals surface area contributed by atoms with E-state index in [4.69, 9.17) is 18.9 Å². The number of nitrogens with zero attached hydrogens (tertiary/aromatic N) is 1. The van der Waals surface area contributed by atoms with E-state index in [1.807, 2.05) is 21.1 Å². The van der Waals surface area contributed by atoms with Gasteiger partial charge in [-0.15, -0.1) is 0 Å². The number of carbonyl (C=O) groups is 3. The maximum Gasteiger partial charge on any atom is 0.361 e. The van der Waals surface area contributed by atoms with Gasteiger partial charge in [-0.25, -0.2) is 4.79 Å². The predicted octanol–water partition coefficient (Wildman–Crippen LogP) is 18.4. The van der Waals surface area contributed by atoms with E-state index in [2.05, 4.69) is 74.6 Å². The Morgan fingerprint density at radius 3 is 1.16 bits per heavy atom. The molecule has 0 saturated carbocycles. The van der Waals surface area contributed by atoms with Gasteiger partial charge < -0.3 is 28.5 Å². The van der Waals surface area contributed by atoms with Crippen LogP contribution in [0.1, 0.15) is 277 Å². The van der Waals surface area contributed by atoms with Gasteiger partial charge in [0.05, 0.1) is 34.4 Å². The molecule has 0 radical (unpaired) electrons. The first-order chi connectivity index (χ1) is 36.1. The van der Waals surface area contributed by atoms with Crippen molar-refractivity contribution in [3.8, 4) is 0 Å². The van der Waals surface area contributed by atoms with Crippen LogP contribution in [0.2, 0.25) is 0 Å². The van der Waals surface area contributed by atoms with Crippen LogP contribution in [0.3, 0.4) is 0 Å². The molecule has 0 aromatic heterocycles. The SMILES string of the molecule is CC/C=C\C/C=C\C/C=C\C/C=C\CCCCCCCCCCCCCCCCCCCCC(=O)OC(COC(=O)CCCCCCCCC/C=C\CCCCCCCCC)COC(OCC[N+](C)(C)C)C(=O)O. The molecule has 0 saturated heterocycles. The van der Waals surface area contributed by atoms with Gasteiger partial charge in [0.2, 0.25) is 0 Å². The van der Waals surface area contributed by atoms with Crippen molar-refractivity contribution in [2.45, 2.75) is 289 Å². The van der Waals surface area contributed by atoms with Gasteiger partial charge in [0.1, 0.15) is 13.2 Å². The van der Waals surface area contributed by atoms with E-state index in [0.717, 1.165) is 64.2 Å². The average molecular weight is 1040 g/mol. The fourth-order valence-electron chi connectivity index (χ4n) is 8.77. The minimum atomic E-state index is -1.51. The van der Waals surface area contributed by atoms with Crippen LogP contribution < -0.4 is 0 Å². The molecule has 0 aliphatic rings. The minimum absolute atomic E-state index is 0.182. The molecule has 430 valence electrons. The first-order valence-electron chi connectivity index (χ1n) is 31.0. The largest absolute Gasteiger partial charge is 0.477 e. The number of carboxylic acids is 1. The maximum absolute atomic E-state index is 12.9. The fraction of sp³-hybridized carbons (Fsp3) is 0.800. The van der Waals surface area contributed by atoms with Crippen molar-refractivity contribution in [2.75, 3.05) is 47.5 Å². The molecular weight excluding hydrogens is 923 g/mol. The van der Waals surface area contributed by atoms with Gasteiger partial charge >= 0.3 is 17.9 Å². The van der Waals surface area contributed by atoms with Crippen molar-refractivity contribution in [3.63, 3.8) is 0 Å². The van der Waals surface area contributed by atoms with E-state index in [0.29, 0.717) is 17.4 Å². The average Bonchev–Trinajstić information content (AvgIpc) is 3.37. The zero-order chi connectivity index (χ0) is 54.1. The van der Waals surface area contributed by atoms with Crippen LogP contribution in [0.4, 0.5) is 0 Å². The number of allylic oxidation sites excluding steroid dienone is 10. The van der Waals surface area contributed by atoms with Crippen LogP contribution in [-0.2, 0) is 33.3 Å². The van der Waals surface area contributed by atoms with E-state index in [-0.39, 0.29) is 32.2 Å². The number of rotatable bonds is 57. The molecule has 0 heterocycles. The number of unbranched alkanes of at least 4 members (excludes halogenated alkanes) is 32. The number of quaternary nitrogens is 1. The van der Waals surface area contributed by atoms with Crippen LogP contribution in [0.5, 0.6) is 0 Å². The Hall–Kier alpha value is -3.01. The fourth-order valence-corrected chi connectivity index (χ4v) is 8.77. The predicted molar refractivity (Wildman–Crippen MR) is 313 cm³/mol. The van der Waals surface area contributed by atoms with Crippen molar-refractivity contribution in [1.29, 1.82) is 0 Å². The van der Waals surface area contributed by atoms with Gasteiger partial charge in [0, 0.05) is 12.8 Å². The molecular formula is C65H118NO8+. The number of aliphatic carboxylic acids is 1. The van der Waals surface area contributed by atoms with Crippen LogP contribution in [-0.4, -0.2) is 87.4 Å². The number of hydrogen-bond donors (Lipinski definition) is 1. The molecule has 74 heavy (non-hydrogen) atoms. The molecule has 0 aromatic carbocycles. The Balaban J connectivity index is 4.13. The third-order valence-electron chi connectivity index (χ3n) is 13.5. The van der Waals surface area contributed by atoms with Crippen LogP contribution >= 0.6 is 0 Å². The third kappa shape index (κ3) is 56.7. The molecule has 0 spiro atoms. The van der Waals surface area contributed by atoms with Crippen molar-refractivity contribution in [3.05, 3.63) is 60.8 Å². The van der Waals surface area contributed by atoms with E-state index < -0.39 is 24.3 Å². The lowest BCUT2D eigenvalue weighted by molar-refractivity contribution is -0.870. The Kier molecular flexibility index (Phi) is 53.9. The summed E-state index contributed by atoms with van der Waals surface area (Å²) in [6.45, 7) is 4.79. The lowest BCUT2D eigenvalue weighted by atomic mass is 10.0. The number of ether oxygens (including phenoxy) is 4. The maximum atomic E-state index is 12.9. The van der Waals surface area contributed by atoms with Gasteiger partial charge in [-0.05, 0) is 77.0 Å². The molecule has 9 heteroatoms. The summed E-state index contributed by atoms with van der Waals surface area (Å²) in [5.41, 5.74) is 0. The number of carboxylic acid groups (broad SMARTS) is 1. The van der Waals surface area contributed by atoms with Gasteiger partial charge in [-0.3, -0.25) is 9.59 Å². The first-order valence-corrected chi connectivity index (χ1v) is 31.0. The van der Waals surface area contributed by atoms with Gasteiger partial charge in [-0.1, -0.05) is 248 Å². The Bertz CT molecular complexity index is 1400. The zero-order valence-electron chi connectivity index (χ0n) is 49.0. The molecule has 0 aromatic rings. The normalized spacial score (nSPS) is 13.1. The molecule has 1 N–H and O–H groups in total. The highest BCUT2D eigenvalue weighted by Crippen LogP contribution is 2.17. The van der Waals surface area contributed by atoms with Crippen molar-refractivity contribution < 1.29 is 42.9 Å². The van der Waals surface area contributed by atoms with Crippen molar-refractivity contribution in [2.24, 2.45) is 0 Å². The number of carbonyl (C=O) groups excluding carboxylic acids is 2. The zero-order valence-corrected chi connectivity index (χ0v) is 49.0. The van der Waals surface area contributed by atoms with Gasteiger partial charge in [-0.2, -0.15) is 0 Å². The molecule has 0 amide bonds. The molecule has 0 aliphatic carbocycles. The Morgan fingerprint density at radius 2 is 0.770 bits per heavy atom. The third-order valence-corrected chi connectivity index (χ3v) is 13.5. The van der Waals surface area contributed by atoms with Crippen molar-refractivity contribution >= 4 is 17.9 Å². The molecule has 0 bridgehead atoms. The topological polar surface area (TPSA) is 108 Å². The summed E-state index contributed by atoms with van der Waals surface area (Å²) in [5, 5.41) is 9.71. The number of esters is 2. The molecule has 0 fully saturated rings. The van der Waals surface area contributed by atoms with E-state index in [9.17, 15) is 19.5 Å². The second-order valence-electron chi connectivity index (χ2n) is 22.0. The lowest BCUT2D eigenvalue weighted by Crippen LogP contribution is -2.40. The second kappa shape index (κ2) is 56.2.